The lowest BCUT2D eigenvalue weighted by Gasteiger charge is -2.39. The molecule has 0 aliphatic carbocycles. The summed E-state index contributed by atoms with van der Waals surface area (Å²) >= 11 is 0. The van der Waals surface area contributed by atoms with Crippen LogP contribution in [0.2, 0.25) is 0 Å². The van der Waals surface area contributed by atoms with Crippen molar-refractivity contribution in [2.75, 3.05) is 57.3 Å². The Morgan fingerprint density at radius 2 is 1.50 bits per heavy atom. The van der Waals surface area contributed by atoms with Crippen molar-refractivity contribution in [3.8, 4) is 5.75 Å². The Balaban J connectivity index is 1.33. The number of benzene rings is 1. The van der Waals surface area contributed by atoms with E-state index in [0.717, 1.165) is 25.9 Å². The summed E-state index contributed by atoms with van der Waals surface area (Å²) in [7, 11) is 0. The summed E-state index contributed by atoms with van der Waals surface area (Å²) in [4.78, 5) is 44.6. The average molecular weight is 386 g/mol. The number of piperidine rings is 1. The van der Waals surface area contributed by atoms with E-state index in [9.17, 15) is 14.4 Å². The molecule has 0 N–H and O–H groups in total. The second kappa shape index (κ2) is 8.08. The quantitative estimate of drug-likeness (QED) is 0.765. The molecule has 2 fully saturated rings. The second-order valence-corrected chi connectivity index (χ2v) is 7.43. The van der Waals surface area contributed by atoms with Crippen LogP contribution in [0.1, 0.15) is 19.3 Å². The number of ether oxygens (including phenoxy) is 1. The van der Waals surface area contributed by atoms with Gasteiger partial charge in [-0.1, -0.05) is 12.1 Å². The van der Waals surface area contributed by atoms with E-state index in [1.54, 1.807) is 17.0 Å². The van der Waals surface area contributed by atoms with Crippen LogP contribution in [0.5, 0.6) is 5.75 Å². The molecule has 3 aliphatic rings. The van der Waals surface area contributed by atoms with Gasteiger partial charge in [-0.3, -0.25) is 14.5 Å². The van der Waals surface area contributed by atoms with Gasteiger partial charge >= 0.3 is 6.03 Å². The number of carbonyl (C=O) groups excluding carboxylic acids is 3. The molecule has 0 radical (unpaired) electrons. The zero-order valence-corrected chi connectivity index (χ0v) is 16.0. The van der Waals surface area contributed by atoms with E-state index >= 15 is 0 Å². The molecule has 8 heteroatoms. The monoisotopic (exact) mass is 386 g/mol. The lowest BCUT2D eigenvalue weighted by atomic mass is 10.1. The number of amides is 4. The fraction of sp³-hybridized carbons (Fsp3) is 0.550. The van der Waals surface area contributed by atoms with Gasteiger partial charge in [-0.2, -0.15) is 0 Å². The lowest BCUT2D eigenvalue weighted by Crippen LogP contribution is -2.56. The third kappa shape index (κ3) is 3.76. The second-order valence-electron chi connectivity index (χ2n) is 7.43. The average Bonchev–Trinajstić information content (AvgIpc) is 2.76. The normalized spacial score (nSPS) is 19.9. The van der Waals surface area contributed by atoms with Crippen LogP contribution in [0.25, 0.3) is 0 Å². The fourth-order valence-corrected chi connectivity index (χ4v) is 3.99. The zero-order chi connectivity index (χ0) is 19.5. The van der Waals surface area contributed by atoms with Crippen molar-refractivity contribution in [1.82, 2.24) is 14.7 Å². The Kier molecular flexibility index (Phi) is 5.36. The van der Waals surface area contributed by atoms with Gasteiger partial charge in [0.1, 0.15) is 12.3 Å². The molecular weight excluding hydrogens is 360 g/mol. The lowest BCUT2D eigenvalue weighted by molar-refractivity contribution is -0.133. The number of hydrogen-bond acceptors (Lipinski definition) is 4. The van der Waals surface area contributed by atoms with E-state index < -0.39 is 0 Å². The molecule has 0 bridgehead atoms. The molecule has 0 atom stereocenters. The van der Waals surface area contributed by atoms with Crippen LogP contribution in [0.15, 0.2) is 24.3 Å². The first-order valence-corrected chi connectivity index (χ1v) is 9.97. The Hall–Kier alpha value is -2.77. The van der Waals surface area contributed by atoms with Crippen molar-refractivity contribution in [2.24, 2.45) is 0 Å². The van der Waals surface area contributed by atoms with Crippen LogP contribution >= 0.6 is 0 Å². The number of anilines is 1. The SMILES string of the molecule is O=C(CN1C(=O)COc2ccccc21)N1CCN(C(=O)N2CCCCC2)CC1. The van der Waals surface area contributed by atoms with Gasteiger partial charge < -0.3 is 19.4 Å². The largest absolute Gasteiger partial charge is 0.482 e. The molecule has 150 valence electrons. The van der Waals surface area contributed by atoms with Gasteiger partial charge in [0.25, 0.3) is 5.91 Å². The van der Waals surface area contributed by atoms with Crippen molar-refractivity contribution < 1.29 is 19.1 Å². The highest BCUT2D eigenvalue weighted by molar-refractivity contribution is 6.02. The number of piperazine rings is 1. The van der Waals surface area contributed by atoms with Gasteiger partial charge in [-0.25, -0.2) is 4.79 Å². The smallest absolute Gasteiger partial charge is 0.320 e. The first-order chi connectivity index (χ1) is 13.6. The molecule has 3 aliphatic heterocycles. The van der Waals surface area contributed by atoms with Crippen molar-refractivity contribution >= 4 is 23.5 Å². The van der Waals surface area contributed by atoms with Crippen molar-refractivity contribution in [3.05, 3.63) is 24.3 Å². The molecule has 1 aromatic rings. The van der Waals surface area contributed by atoms with Gasteiger partial charge in [-0.05, 0) is 31.4 Å². The minimum Gasteiger partial charge on any atom is -0.482 e. The van der Waals surface area contributed by atoms with E-state index in [-0.39, 0.29) is 31.0 Å². The van der Waals surface area contributed by atoms with E-state index in [1.165, 1.54) is 11.3 Å². The van der Waals surface area contributed by atoms with Gasteiger partial charge in [0.2, 0.25) is 5.91 Å². The number of likely N-dealkylation sites (tertiary alicyclic amines) is 1. The van der Waals surface area contributed by atoms with Crippen molar-refractivity contribution in [2.45, 2.75) is 19.3 Å². The summed E-state index contributed by atoms with van der Waals surface area (Å²) in [6.45, 7) is 3.68. The van der Waals surface area contributed by atoms with Gasteiger partial charge in [0, 0.05) is 39.3 Å². The molecule has 8 nitrogen and oxygen atoms in total. The molecule has 1 aromatic carbocycles. The highest BCUT2D eigenvalue weighted by Crippen LogP contribution is 2.31. The third-order valence-corrected chi connectivity index (χ3v) is 5.63. The van der Waals surface area contributed by atoms with Crippen molar-refractivity contribution in [1.29, 1.82) is 0 Å². The van der Waals surface area contributed by atoms with Gasteiger partial charge in [0.15, 0.2) is 6.61 Å². The highest BCUT2D eigenvalue weighted by atomic mass is 16.5. The van der Waals surface area contributed by atoms with Crippen LogP contribution in [0.3, 0.4) is 0 Å². The Bertz CT molecular complexity index is 754. The first kappa shape index (κ1) is 18.6. The standard InChI is InChI=1S/C20H26N4O4/c25-18(14-24-16-6-2-3-7-17(16)28-15-19(24)26)21-10-12-23(13-11-21)20(27)22-8-4-1-5-9-22/h2-3,6-7H,1,4-5,8-15H2. The molecule has 0 spiro atoms. The molecule has 4 rings (SSSR count). The molecule has 0 aromatic heterocycles. The first-order valence-electron chi connectivity index (χ1n) is 9.97. The van der Waals surface area contributed by atoms with Crippen LogP contribution in [-0.4, -0.2) is 85.0 Å². The number of para-hydroxylation sites is 2. The van der Waals surface area contributed by atoms with E-state index in [0.29, 0.717) is 37.6 Å². The molecule has 0 saturated carbocycles. The predicted molar refractivity (Wildman–Crippen MR) is 103 cm³/mol. The van der Waals surface area contributed by atoms with Gasteiger partial charge in [0.05, 0.1) is 5.69 Å². The number of nitrogens with zero attached hydrogens (tertiary/aromatic N) is 4. The summed E-state index contributed by atoms with van der Waals surface area (Å²) in [5, 5.41) is 0. The molecule has 0 unspecified atom stereocenters. The van der Waals surface area contributed by atoms with Crippen LogP contribution in [0.4, 0.5) is 10.5 Å². The van der Waals surface area contributed by atoms with Crippen LogP contribution in [-0.2, 0) is 9.59 Å². The Morgan fingerprint density at radius 1 is 0.857 bits per heavy atom. The minimum absolute atomic E-state index is 0.000716. The maximum atomic E-state index is 12.8. The van der Waals surface area contributed by atoms with Crippen molar-refractivity contribution in [3.63, 3.8) is 0 Å². The van der Waals surface area contributed by atoms with Gasteiger partial charge in [-0.15, -0.1) is 0 Å². The maximum absolute atomic E-state index is 12.8. The summed E-state index contributed by atoms with van der Waals surface area (Å²) in [5.74, 6) is 0.299. The number of urea groups is 1. The number of fused-ring (bicyclic) bond motifs is 1. The van der Waals surface area contributed by atoms with Crippen LogP contribution in [0, 0.1) is 0 Å². The zero-order valence-electron chi connectivity index (χ0n) is 16.0. The summed E-state index contributed by atoms with van der Waals surface area (Å²) in [5.41, 5.74) is 0.631. The number of carbonyl (C=O) groups is 3. The highest BCUT2D eigenvalue weighted by Gasteiger charge is 2.31. The fourth-order valence-electron chi connectivity index (χ4n) is 3.99. The molecular formula is C20H26N4O4. The van der Waals surface area contributed by atoms with E-state index in [4.69, 9.17) is 4.74 Å². The maximum Gasteiger partial charge on any atom is 0.320 e. The third-order valence-electron chi connectivity index (χ3n) is 5.63. The summed E-state index contributed by atoms with van der Waals surface area (Å²) in [6, 6.07) is 7.33. The van der Waals surface area contributed by atoms with E-state index in [2.05, 4.69) is 0 Å². The Labute approximate surface area is 164 Å². The molecule has 28 heavy (non-hydrogen) atoms. The minimum atomic E-state index is -0.217. The Morgan fingerprint density at radius 3 is 2.25 bits per heavy atom. The summed E-state index contributed by atoms with van der Waals surface area (Å²) in [6.07, 6.45) is 3.33. The molecule has 3 heterocycles. The number of rotatable bonds is 2. The predicted octanol–water partition coefficient (Wildman–Crippen LogP) is 1.16. The molecule has 4 amide bonds. The van der Waals surface area contributed by atoms with E-state index in [1.807, 2.05) is 21.9 Å². The molecule has 2 saturated heterocycles. The summed E-state index contributed by atoms with van der Waals surface area (Å²) < 4.78 is 5.43. The number of hydrogen-bond donors (Lipinski definition) is 0. The topological polar surface area (TPSA) is 73.4 Å². The van der Waals surface area contributed by atoms with Crippen LogP contribution < -0.4 is 9.64 Å².